The molecule has 0 aromatic heterocycles. The SMILES string of the molecule is C[C@H](CCC(=O)O)[C@H]1CC[C@H]2[C@@H]3CC=C4C[C@@H](OP)CC[C@]4(C)[C@H]3CC[C@]12C. The molecule has 158 valence electrons. The molecule has 3 fully saturated rings. The zero-order chi connectivity index (χ0) is 20.1. The molecule has 0 aliphatic heterocycles. The lowest BCUT2D eigenvalue weighted by Gasteiger charge is -2.58. The van der Waals surface area contributed by atoms with Crippen molar-refractivity contribution < 1.29 is 14.4 Å². The maximum absolute atomic E-state index is 11.1. The van der Waals surface area contributed by atoms with E-state index < -0.39 is 5.97 Å². The number of fused-ring (bicyclic) bond motifs is 5. The second-order valence-electron chi connectivity index (χ2n) is 10.9. The number of hydrogen-bond donors (Lipinski definition) is 1. The highest BCUT2D eigenvalue weighted by Crippen LogP contribution is 2.67. The van der Waals surface area contributed by atoms with Crippen molar-refractivity contribution in [2.45, 2.75) is 91.1 Å². The number of hydrogen-bond acceptors (Lipinski definition) is 2. The number of allylic oxidation sites excluding steroid dienone is 1. The predicted molar refractivity (Wildman–Crippen MR) is 116 cm³/mol. The van der Waals surface area contributed by atoms with Gasteiger partial charge in [-0.25, -0.2) is 0 Å². The van der Waals surface area contributed by atoms with Crippen molar-refractivity contribution in [3.05, 3.63) is 11.6 Å². The Kier molecular flexibility index (Phi) is 5.73. The molecule has 0 spiro atoms. The zero-order valence-corrected chi connectivity index (χ0v) is 19.1. The molecule has 0 amide bonds. The monoisotopic (exact) mass is 406 g/mol. The Morgan fingerprint density at radius 2 is 2.04 bits per heavy atom. The van der Waals surface area contributed by atoms with E-state index in [-0.39, 0.29) is 0 Å². The van der Waals surface area contributed by atoms with Crippen LogP contribution in [0.1, 0.15) is 85.0 Å². The van der Waals surface area contributed by atoms with Crippen molar-refractivity contribution in [1.29, 1.82) is 0 Å². The summed E-state index contributed by atoms with van der Waals surface area (Å²) >= 11 is 0. The average Bonchev–Trinajstić information content (AvgIpc) is 3.02. The van der Waals surface area contributed by atoms with Crippen molar-refractivity contribution in [3.63, 3.8) is 0 Å². The molecule has 4 aliphatic rings. The van der Waals surface area contributed by atoms with E-state index in [9.17, 15) is 4.79 Å². The van der Waals surface area contributed by atoms with Gasteiger partial charge in [-0.2, -0.15) is 0 Å². The minimum Gasteiger partial charge on any atom is -0.481 e. The molecular weight excluding hydrogens is 367 g/mol. The fourth-order valence-electron chi connectivity index (χ4n) is 8.27. The first kappa shape index (κ1) is 20.9. The smallest absolute Gasteiger partial charge is 0.303 e. The van der Waals surface area contributed by atoms with Gasteiger partial charge in [-0.05, 0) is 98.2 Å². The van der Waals surface area contributed by atoms with Gasteiger partial charge in [-0.3, -0.25) is 4.79 Å². The third kappa shape index (κ3) is 3.29. The summed E-state index contributed by atoms with van der Waals surface area (Å²) in [5.74, 6) is 3.09. The van der Waals surface area contributed by atoms with Gasteiger partial charge in [-0.15, -0.1) is 0 Å². The van der Waals surface area contributed by atoms with Crippen LogP contribution in [0.3, 0.4) is 0 Å². The molecule has 4 heteroatoms. The van der Waals surface area contributed by atoms with E-state index in [0.29, 0.717) is 35.2 Å². The van der Waals surface area contributed by atoms with E-state index in [4.69, 9.17) is 9.63 Å². The minimum absolute atomic E-state index is 0.327. The average molecular weight is 407 g/mol. The maximum atomic E-state index is 11.1. The van der Waals surface area contributed by atoms with E-state index in [2.05, 4.69) is 36.3 Å². The topological polar surface area (TPSA) is 46.5 Å². The van der Waals surface area contributed by atoms with Crippen LogP contribution in [0.4, 0.5) is 0 Å². The van der Waals surface area contributed by atoms with Gasteiger partial charge in [0.05, 0.1) is 6.10 Å². The molecule has 0 aromatic rings. The predicted octanol–water partition coefficient (Wildman–Crippen LogP) is 6.24. The quantitative estimate of drug-likeness (QED) is 0.434. The van der Waals surface area contributed by atoms with Crippen LogP contribution in [0.15, 0.2) is 11.6 Å². The standard InChI is InChI=1S/C24H39O3P/c1-15(4-9-22(25)26)19-7-8-20-18-6-5-16-14-17(27-28)10-12-23(16,2)21(18)11-13-24(19,20)3/h5,15,17-21H,4,6-14,28H2,1-3H3,(H,25,26)/t15-,17+,18+,19-,20+,21+,23+,24-/m1/s1. The van der Waals surface area contributed by atoms with Crippen molar-refractivity contribution in [2.75, 3.05) is 0 Å². The summed E-state index contributed by atoms with van der Waals surface area (Å²) in [4.78, 5) is 11.1. The highest BCUT2D eigenvalue weighted by atomic mass is 31.0. The molecule has 1 N–H and O–H groups in total. The van der Waals surface area contributed by atoms with Crippen molar-refractivity contribution in [2.24, 2.45) is 40.4 Å². The van der Waals surface area contributed by atoms with Crippen LogP contribution in [-0.4, -0.2) is 17.2 Å². The number of carboxylic acids is 1. The Bertz CT molecular complexity index is 646. The molecular formula is C24H39O3P. The molecule has 0 bridgehead atoms. The van der Waals surface area contributed by atoms with Gasteiger partial charge >= 0.3 is 5.97 Å². The maximum Gasteiger partial charge on any atom is 0.303 e. The van der Waals surface area contributed by atoms with Crippen molar-refractivity contribution in [3.8, 4) is 0 Å². The van der Waals surface area contributed by atoms with E-state index in [1.54, 1.807) is 5.57 Å². The Labute approximate surface area is 173 Å². The third-order valence-electron chi connectivity index (χ3n) is 9.82. The lowest BCUT2D eigenvalue weighted by atomic mass is 9.47. The summed E-state index contributed by atoms with van der Waals surface area (Å²) in [5, 5.41) is 9.11. The van der Waals surface area contributed by atoms with Crippen LogP contribution in [0.2, 0.25) is 0 Å². The number of carboxylic acid groups (broad SMARTS) is 1. The largest absolute Gasteiger partial charge is 0.481 e. The first-order valence-electron chi connectivity index (χ1n) is 11.6. The molecule has 4 rings (SSSR count). The molecule has 28 heavy (non-hydrogen) atoms. The lowest BCUT2D eigenvalue weighted by Crippen LogP contribution is -2.50. The minimum atomic E-state index is -0.641. The van der Waals surface area contributed by atoms with E-state index in [1.165, 1.54) is 44.9 Å². The summed E-state index contributed by atoms with van der Waals surface area (Å²) in [7, 11) is 2.48. The van der Waals surface area contributed by atoms with E-state index in [1.807, 2.05) is 0 Å². The normalized spacial score (nSPS) is 46.1. The van der Waals surface area contributed by atoms with Crippen molar-refractivity contribution >= 4 is 15.4 Å². The van der Waals surface area contributed by atoms with Crippen molar-refractivity contribution in [1.82, 2.24) is 0 Å². The second kappa shape index (κ2) is 7.69. The van der Waals surface area contributed by atoms with Gasteiger partial charge in [-0.1, -0.05) is 32.4 Å². The van der Waals surface area contributed by atoms with Gasteiger partial charge in [0.25, 0.3) is 0 Å². The molecule has 0 saturated heterocycles. The summed E-state index contributed by atoms with van der Waals surface area (Å²) in [6.07, 6.45) is 14.4. The number of rotatable bonds is 5. The Morgan fingerprint density at radius 3 is 2.75 bits per heavy atom. The summed E-state index contributed by atoms with van der Waals surface area (Å²) in [6.45, 7) is 7.43. The molecule has 0 heterocycles. The van der Waals surface area contributed by atoms with Gasteiger partial charge in [0, 0.05) is 15.9 Å². The molecule has 3 nitrogen and oxygen atoms in total. The zero-order valence-electron chi connectivity index (χ0n) is 18.0. The molecule has 3 saturated carbocycles. The van der Waals surface area contributed by atoms with Gasteiger partial charge in [0.1, 0.15) is 0 Å². The fraction of sp³-hybridized carbons (Fsp3) is 0.875. The van der Waals surface area contributed by atoms with Gasteiger partial charge < -0.3 is 9.63 Å². The van der Waals surface area contributed by atoms with Gasteiger partial charge in [0.15, 0.2) is 0 Å². The van der Waals surface area contributed by atoms with Gasteiger partial charge in [0.2, 0.25) is 0 Å². The van der Waals surface area contributed by atoms with E-state index >= 15 is 0 Å². The van der Waals surface area contributed by atoms with Crippen LogP contribution in [0.25, 0.3) is 0 Å². The molecule has 0 radical (unpaired) electrons. The van der Waals surface area contributed by atoms with E-state index in [0.717, 1.165) is 30.6 Å². The third-order valence-corrected chi connectivity index (χ3v) is 10.2. The Balaban J connectivity index is 1.53. The van der Waals surface area contributed by atoms with Crippen LogP contribution in [0.5, 0.6) is 0 Å². The van der Waals surface area contributed by atoms with Crippen LogP contribution < -0.4 is 0 Å². The second-order valence-corrected chi connectivity index (χ2v) is 11.2. The number of carbonyl (C=O) groups is 1. The lowest BCUT2D eigenvalue weighted by molar-refractivity contribution is -0.137. The Morgan fingerprint density at radius 1 is 1.25 bits per heavy atom. The summed E-state index contributed by atoms with van der Waals surface area (Å²) in [6, 6.07) is 0. The first-order chi connectivity index (χ1) is 13.3. The summed E-state index contributed by atoms with van der Waals surface area (Å²) in [5.41, 5.74) is 2.48. The number of aliphatic carboxylic acids is 1. The molecule has 0 aromatic carbocycles. The van der Waals surface area contributed by atoms with Crippen LogP contribution in [-0.2, 0) is 9.32 Å². The molecule has 1 unspecified atom stereocenters. The van der Waals surface area contributed by atoms with Crippen LogP contribution in [0, 0.1) is 40.4 Å². The fourth-order valence-corrected chi connectivity index (χ4v) is 8.50. The highest BCUT2D eigenvalue weighted by molar-refractivity contribution is 7.09. The molecule has 9 atom stereocenters. The molecule has 4 aliphatic carbocycles. The first-order valence-corrected chi connectivity index (χ1v) is 12.0. The highest BCUT2D eigenvalue weighted by Gasteiger charge is 2.59. The Hall–Kier alpha value is -0.400. The van der Waals surface area contributed by atoms with Crippen LogP contribution >= 0.6 is 9.47 Å². The summed E-state index contributed by atoms with van der Waals surface area (Å²) < 4.78 is 5.62.